The third-order valence-electron chi connectivity index (χ3n) is 6.22. The van der Waals surface area contributed by atoms with Gasteiger partial charge in [0.25, 0.3) is 5.91 Å². The molecule has 1 amide bonds. The standard InChI is InChI=1S/C27H26BrNO3/c1-4-19-6-9-20(10-7-19)25(30)15-27(32)23-14-22(28)11-12-24(23)29(26(27)31)16-21-8-5-17(2)13-18(21)3/h5-14,32H,4,15-16H2,1-3H3/t27-/m0/s1. The van der Waals surface area contributed by atoms with Crippen molar-refractivity contribution in [3.05, 3.63) is 98.5 Å². The number of carbonyl (C=O) groups is 2. The molecular formula is C27H26BrNO3. The van der Waals surface area contributed by atoms with Gasteiger partial charge in [-0.05, 0) is 55.2 Å². The number of aryl methyl sites for hydroxylation is 3. The molecule has 0 saturated heterocycles. The van der Waals surface area contributed by atoms with E-state index in [1.54, 1.807) is 23.1 Å². The van der Waals surface area contributed by atoms with Crippen molar-refractivity contribution < 1.29 is 14.7 Å². The number of rotatable bonds is 6. The zero-order valence-corrected chi connectivity index (χ0v) is 20.1. The maximum absolute atomic E-state index is 13.6. The van der Waals surface area contributed by atoms with Crippen molar-refractivity contribution in [1.29, 1.82) is 0 Å². The van der Waals surface area contributed by atoms with Gasteiger partial charge in [0.05, 0.1) is 18.7 Å². The zero-order valence-electron chi connectivity index (χ0n) is 18.5. The summed E-state index contributed by atoms with van der Waals surface area (Å²) in [5, 5.41) is 11.6. The molecule has 1 N–H and O–H groups in total. The minimum atomic E-state index is -1.90. The summed E-state index contributed by atoms with van der Waals surface area (Å²) < 4.78 is 0.746. The summed E-state index contributed by atoms with van der Waals surface area (Å²) in [6.45, 7) is 6.43. The van der Waals surface area contributed by atoms with E-state index in [2.05, 4.69) is 28.9 Å². The summed E-state index contributed by atoms with van der Waals surface area (Å²) in [7, 11) is 0. The van der Waals surface area contributed by atoms with Gasteiger partial charge in [-0.1, -0.05) is 70.9 Å². The second-order valence-electron chi connectivity index (χ2n) is 8.49. The molecule has 3 aromatic rings. The number of benzene rings is 3. The van der Waals surface area contributed by atoms with Gasteiger partial charge in [0.2, 0.25) is 0 Å². The van der Waals surface area contributed by atoms with Crippen LogP contribution in [0.4, 0.5) is 5.69 Å². The largest absolute Gasteiger partial charge is 0.375 e. The maximum atomic E-state index is 13.6. The molecule has 164 valence electrons. The van der Waals surface area contributed by atoms with Crippen LogP contribution in [0.15, 0.2) is 65.1 Å². The lowest BCUT2D eigenvalue weighted by atomic mass is 9.88. The topological polar surface area (TPSA) is 57.6 Å². The SMILES string of the molecule is CCc1ccc(C(=O)C[C@@]2(O)C(=O)N(Cc3ccc(C)cc3C)c3ccc(Br)cc32)cc1. The number of amides is 1. The van der Waals surface area contributed by atoms with Crippen LogP contribution in [0.1, 0.15) is 51.5 Å². The fourth-order valence-corrected chi connectivity index (χ4v) is 4.67. The van der Waals surface area contributed by atoms with Gasteiger partial charge < -0.3 is 10.0 Å². The van der Waals surface area contributed by atoms with Gasteiger partial charge >= 0.3 is 0 Å². The first-order valence-corrected chi connectivity index (χ1v) is 11.5. The zero-order chi connectivity index (χ0) is 23.0. The van der Waals surface area contributed by atoms with Crippen molar-refractivity contribution in [1.82, 2.24) is 0 Å². The van der Waals surface area contributed by atoms with E-state index in [1.165, 1.54) is 0 Å². The van der Waals surface area contributed by atoms with Crippen molar-refractivity contribution in [3.63, 3.8) is 0 Å². The quantitative estimate of drug-likeness (QED) is 0.454. The van der Waals surface area contributed by atoms with Crippen LogP contribution in [0.3, 0.4) is 0 Å². The van der Waals surface area contributed by atoms with Crippen LogP contribution >= 0.6 is 15.9 Å². The van der Waals surface area contributed by atoms with Crippen LogP contribution in [0.2, 0.25) is 0 Å². The van der Waals surface area contributed by atoms with E-state index in [0.29, 0.717) is 23.4 Å². The lowest BCUT2D eigenvalue weighted by molar-refractivity contribution is -0.136. The Bertz CT molecular complexity index is 1200. The first kappa shape index (κ1) is 22.4. The molecule has 32 heavy (non-hydrogen) atoms. The predicted molar refractivity (Wildman–Crippen MR) is 130 cm³/mol. The summed E-state index contributed by atoms with van der Waals surface area (Å²) >= 11 is 3.44. The van der Waals surface area contributed by atoms with E-state index >= 15 is 0 Å². The monoisotopic (exact) mass is 491 g/mol. The first-order valence-electron chi connectivity index (χ1n) is 10.8. The molecule has 5 heteroatoms. The van der Waals surface area contributed by atoms with Crippen molar-refractivity contribution >= 4 is 33.3 Å². The Kier molecular flexibility index (Phi) is 6.06. The number of fused-ring (bicyclic) bond motifs is 1. The average Bonchev–Trinajstić information content (AvgIpc) is 2.97. The van der Waals surface area contributed by atoms with Crippen LogP contribution in [-0.2, 0) is 23.4 Å². The molecule has 4 rings (SSSR count). The highest BCUT2D eigenvalue weighted by atomic mass is 79.9. The number of nitrogens with zero attached hydrogens (tertiary/aromatic N) is 1. The molecule has 0 spiro atoms. The van der Waals surface area contributed by atoms with Crippen LogP contribution in [0.5, 0.6) is 0 Å². The molecule has 1 aliphatic heterocycles. The van der Waals surface area contributed by atoms with Gasteiger partial charge in [0.1, 0.15) is 0 Å². The Morgan fingerprint density at radius 3 is 2.41 bits per heavy atom. The van der Waals surface area contributed by atoms with E-state index in [4.69, 9.17) is 0 Å². The number of ketones is 1. The Labute approximate surface area is 197 Å². The molecule has 0 radical (unpaired) electrons. The van der Waals surface area contributed by atoms with Crippen LogP contribution < -0.4 is 4.90 Å². The third-order valence-corrected chi connectivity index (χ3v) is 6.71. The second-order valence-corrected chi connectivity index (χ2v) is 9.41. The van der Waals surface area contributed by atoms with E-state index in [9.17, 15) is 14.7 Å². The number of halogens is 1. The third kappa shape index (κ3) is 4.03. The molecule has 0 unspecified atom stereocenters. The smallest absolute Gasteiger partial charge is 0.264 e. The van der Waals surface area contributed by atoms with Gasteiger partial charge in [-0.3, -0.25) is 9.59 Å². The predicted octanol–water partition coefficient (Wildman–Crippen LogP) is 5.64. The summed E-state index contributed by atoms with van der Waals surface area (Å²) in [4.78, 5) is 28.2. The van der Waals surface area contributed by atoms with Crippen molar-refractivity contribution in [2.24, 2.45) is 0 Å². The van der Waals surface area contributed by atoms with Crippen LogP contribution in [-0.4, -0.2) is 16.8 Å². The van der Waals surface area contributed by atoms with Crippen LogP contribution in [0.25, 0.3) is 0 Å². The van der Waals surface area contributed by atoms with Gasteiger partial charge in [0.15, 0.2) is 11.4 Å². The average molecular weight is 492 g/mol. The Balaban J connectivity index is 1.69. The number of Topliss-reactive ketones (excluding diaryl/α,β-unsaturated/α-hetero) is 1. The molecule has 3 aromatic carbocycles. The highest BCUT2D eigenvalue weighted by Gasteiger charge is 2.51. The van der Waals surface area contributed by atoms with Gasteiger partial charge in [-0.25, -0.2) is 0 Å². The number of hydrogen-bond acceptors (Lipinski definition) is 3. The van der Waals surface area contributed by atoms with Crippen molar-refractivity contribution in [3.8, 4) is 0 Å². The van der Waals surface area contributed by atoms with E-state index in [-0.39, 0.29) is 12.2 Å². The summed E-state index contributed by atoms with van der Waals surface area (Å²) in [5.74, 6) is -0.730. The summed E-state index contributed by atoms with van der Waals surface area (Å²) in [5.41, 5.74) is 4.05. The highest BCUT2D eigenvalue weighted by molar-refractivity contribution is 9.10. The molecule has 0 aromatic heterocycles. The van der Waals surface area contributed by atoms with Gasteiger partial charge in [-0.15, -0.1) is 0 Å². The number of carbonyl (C=O) groups excluding carboxylic acids is 2. The maximum Gasteiger partial charge on any atom is 0.264 e. The lowest BCUT2D eigenvalue weighted by Gasteiger charge is -2.23. The minimum Gasteiger partial charge on any atom is -0.375 e. The number of anilines is 1. The molecule has 0 fully saturated rings. The van der Waals surface area contributed by atoms with Crippen LogP contribution in [0, 0.1) is 13.8 Å². The Morgan fingerprint density at radius 1 is 1.03 bits per heavy atom. The fraction of sp³-hybridized carbons (Fsp3) is 0.259. The van der Waals surface area contributed by atoms with Crippen molar-refractivity contribution in [2.75, 3.05) is 4.90 Å². The molecular weight excluding hydrogens is 466 g/mol. The molecule has 1 aliphatic rings. The number of aliphatic hydroxyl groups is 1. The second kappa shape index (κ2) is 8.64. The molecule has 0 aliphatic carbocycles. The molecule has 0 bridgehead atoms. The fourth-order valence-electron chi connectivity index (χ4n) is 4.30. The lowest BCUT2D eigenvalue weighted by Crippen LogP contribution is -2.41. The Hall–Kier alpha value is -2.76. The molecule has 1 atom stereocenters. The van der Waals surface area contributed by atoms with Gasteiger partial charge in [0, 0.05) is 15.6 Å². The van der Waals surface area contributed by atoms with E-state index in [1.807, 2.05) is 50.2 Å². The normalized spacial score (nSPS) is 17.5. The minimum absolute atomic E-state index is 0.261. The van der Waals surface area contributed by atoms with Crippen molar-refractivity contribution in [2.45, 2.75) is 45.8 Å². The highest BCUT2D eigenvalue weighted by Crippen LogP contribution is 2.45. The molecule has 1 heterocycles. The molecule has 4 nitrogen and oxygen atoms in total. The summed E-state index contributed by atoms with van der Waals surface area (Å²) in [6, 6.07) is 18.8. The van der Waals surface area contributed by atoms with E-state index < -0.39 is 11.5 Å². The summed E-state index contributed by atoms with van der Waals surface area (Å²) in [6.07, 6.45) is 0.579. The molecule has 0 saturated carbocycles. The number of hydrogen-bond donors (Lipinski definition) is 1. The van der Waals surface area contributed by atoms with E-state index in [0.717, 1.165) is 33.1 Å². The Morgan fingerprint density at radius 2 is 1.75 bits per heavy atom. The van der Waals surface area contributed by atoms with Gasteiger partial charge in [-0.2, -0.15) is 0 Å². The first-order chi connectivity index (χ1) is 15.2.